The molecule has 4 nitrogen and oxygen atoms in total. The van der Waals surface area contributed by atoms with Crippen LogP contribution in [0.4, 0.5) is 0 Å². The van der Waals surface area contributed by atoms with E-state index in [1.165, 1.54) is 7.05 Å². The number of fused-ring (bicyclic) bond motifs is 2. The summed E-state index contributed by atoms with van der Waals surface area (Å²) in [5.74, 6) is -1.13. The molecule has 0 saturated carbocycles. The molecule has 0 heterocycles. The minimum Gasteiger partial charge on any atom is -0.658 e. The number of carbonyl (C=O) groups excluding carboxylic acids is 1. The van der Waals surface area contributed by atoms with Gasteiger partial charge in [0.1, 0.15) is 0 Å². The molecule has 2 aromatic carbocycles. The van der Waals surface area contributed by atoms with E-state index < -0.39 is 11.4 Å². The van der Waals surface area contributed by atoms with E-state index in [-0.39, 0.29) is 44.2 Å². The van der Waals surface area contributed by atoms with Gasteiger partial charge in [-0.3, -0.25) is 0 Å². The summed E-state index contributed by atoms with van der Waals surface area (Å²) >= 11 is 0. The number of amides is 1. The van der Waals surface area contributed by atoms with Crippen molar-refractivity contribution in [2.75, 3.05) is 7.05 Å². The molecule has 2 aromatic rings. The van der Waals surface area contributed by atoms with E-state index in [2.05, 4.69) is 12.2 Å². The van der Waals surface area contributed by atoms with Crippen LogP contribution < -0.4 is 0 Å². The molecule has 0 aromatic heterocycles. The second-order valence-corrected chi connectivity index (χ2v) is 5.65. The van der Waals surface area contributed by atoms with Gasteiger partial charge >= 0.3 is 5.97 Å². The average molecular weight is 370 g/mol. The van der Waals surface area contributed by atoms with Gasteiger partial charge in [0, 0.05) is 38.6 Å². The molecule has 3 rings (SSSR count). The summed E-state index contributed by atoms with van der Waals surface area (Å²) in [6.45, 7) is 4.05. The monoisotopic (exact) mass is 370 g/mol. The van der Waals surface area contributed by atoms with E-state index in [0.717, 1.165) is 21.9 Å². The SMILES string of the molecule is [CH2-]C1(C(=O)[N-]C)Cc2cc3ccc(C(=O)O)cc3cc2C1.[Y]. The Hall–Kier alpha value is -1.26. The number of hydrogen-bond donors (Lipinski definition) is 1. The van der Waals surface area contributed by atoms with Gasteiger partial charge in [-0.1, -0.05) is 18.2 Å². The third-order valence-electron chi connectivity index (χ3n) is 4.12. The van der Waals surface area contributed by atoms with Gasteiger partial charge in [-0.05, 0) is 46.9 Å². The van der Waals surface area contributed by atoms with Crippen LogP contribution in [0.5, 0.6) is 0 Å². The fourth-order valence-corrected chi connectivity index (χ4v) is 3.03. The number of carbonyl (C=O) groups is 2. The molecule has 111 valence electrons. The molecule has 22 heavy (non-hydrogen) atoms. The van der Waals surface area contributed by atoms with Crippen LogP contribution in [0.2, 0.25) is 0 Å². The Morgan fingerprint density at radius 2 is 1.73 bits per heavy atom. The van der Waals surface area contributed by atoms with Crippen LogP contribution in [0, 0.1) is 12.3 Å². The summed E-state index contributed by atoms with van der Waals surface area (Å²) in [7, 11) is 1.49. The molecular weight excluding hydrogens is 355 g/mol. The van der Waals surface area contributed by atoms with Gasteiger partial charge < -0.3 is 22.1 Å². The molecule has 1 atom stereocenters. The first-order chi connectivity index (χ1) is 9.93. The molecule has 1 N–H and O–H groups in total. The standard InChI is InChI=1S/C17H16NO3.Y/c1-17(16(21)18-2)8-13-5-10-3-4-11(15(19)20)6-12(10)7-14(13)9-17;/h3-7H,1,8-9H2,2H3,(H2,18,19,20,21);/q-1;/p-1. The maximum atomic E-state index is 11.9. The molecule has 1 aliphatic carbocycles. The smallest absolute Gasteiger partial charge is 0.335 e. The van der Waals surface area contributed by atoms with Crippen LogP contribution in [-0.4, -0.2) is 24.0 Å². The van der Waals surface area contributed by atoms with Crippen molar-refractivity contribution in [3.63, 3.8) is 0 Å². The number of benzene rings is 2. The Labute approximate surface area is 154 Å². The zero-order valence-electron chi connectivity index (χ0n) is 12.3. The summed E-state index contributed by atoms with van der Waals surface area (Å²) in [6, 6.07) is 9.04. The van der Waals surface area contributed by atoms with Gasteiger partial charge in [-0.25, -0.2) is 4.79 Å². The molecule has 0 saturated heterocycles. The van der Waals surface area contributed by atoms with Crippen LogP contribution in [-0.2, 0) is 50.3 Å². The first-order valence-electron chi connectivity index (χ1n) is 6.71. The number of carboxylic acid groups (broad SMARTS) is 1. The second kappa shape index (κ2) is 6.09. The summed E-state index contributed by atoms with van der Waals surface area (Å²) in [5, 5.41) is 14.7. The molecule has 1 unspecified atom stereocenters. The zero-order valence-corrected chi connectivity index (χ0v) is 15.1. The summed E-state index contributed by atoms with van der Waals surface area (Å²) in [4.78, 5) is 23.0. The van der Waals surface area contributed by atoms with Gasteiger partial charge in [0.15, 0.2) is 0 Å². The topological polar surface area (TPSA) is 68.5 Å². The van der Waals surface area contributed by atoms with Gasteiger partial charge in [0.2, 0.25) is 0 Å². The van der Waals surface area contributed by atoms with Gasteiger partial charge in [0.25, 0.3) is 0 Å². The Morgan fingerprint density at radius 1 is 1.14 bits per heavy atom. The summed E-state index contributed by atoms with van der Waals surface area (Å²) < 4.78 is 0. The predicted octanol–water partition coefficient (Wildman–Crippen LogP) is 2.98. The Kier molecular flexibility index (Phi) is 4.74. The van der Waals surface area contributed by atoms with Crippen molar-refractivity contribution in [2.45, 2.75) is 12.8 Å². The number of nitrogens with zero attached hydrogens (tertiary/aromatic N) is 1. The molecular formula is C17H15NO3Y-2. The summed E-state index contributed by atoms with van der Waals surface area (Å²) in [6.07, 6.45) is 1.13. The van der Waals surface area contributed by atoms with Crippen LogP contribution in [0.1, 0.15) is 21.5 Å². The van der Waals surface area contributed by atoms with Gasteiger partial charge in [-0.15, -0.1) is 12.5 Å². The zero-order chi connectivity index (χ0) is 15.2. The van der Waals surface area contributed by atoms with E-state index in [9.17, 15) is 9.59 Å². The fourth-order valence-electron chi connectivity index (χ4n) is 3.03. The molecule has 0 bridgehead atoms. The fraction of sp³-hybridized carbons (Fsp3) is 0.235. The maximum absolute atomic E-state index is 11.9. The molecule has 1 radical (unpaired) electrons. The third kappa shape index (κ3) is 2.82. The van der Waals surface area contributed by atoms with Crippen LogP contribution in [0.15, 0.2) is 30.3 Å². The maximum Gasteiger partial charge on any atom is 0.335 e. The average Bonchev–Trinajstić information content (AvgIpc) is 2.79. The largest absolute Gasteiger partial charge is 0.658 e. The Bertz CT molecular complexity index is 772. The van der Waals surface area contributed by atoms with Gasteiger partial charge in [-0.2, -0.15) is 0 Å². The number of aromatic carboxylic acids is 1. The predicted molar refractivity (Wildman–Crippen MR) is 80.4 cm³/mol. The normalized spacial score (nSPS) is 19.4. The van der Waals surface area contributed by atoms with E-state index in [4.69, 9.17) is 5.11 Å². The first-order valence-corrected chi connectivity index (χ1v) is 6.71. The van der Waals surface area contributed by atoms with E-state index >= 15 is 0 Å². The third-order valence-corrected chi connectivity index (χ3v) is 4.12. The molecule has 0 aliphatic heterocycles. The van der Waals surface area contributed by atoms with Crippen LogP contribution in [0.3, 0.4) is 0 Å². The molecule has 0 spiro atoms. The van der Waals surface area contributed by atoms with E-state index in [1.807, 2.05) is 12.1 Å². The molecule has 1 amide bonds. The number of hydrogen-bond acceptors (Lipinski definition) is 2. The minimum atomic E-state index is -0.941. The molecule has 1 aliphatic rings. The van der Waals surface area contributed by atoms with E-state index in [1.54, 1.807) is 18.2 Å². The molecule has 0 fully saturated rings. The van der Waals surface area contributed by atoms with Crippen molar-refractivity contribution in [3.05, 3.63) is 59.3 Å². The number of carboxylic acids is 1. The van der Waals surface area contributed by atoms with Crippen molar-refractivity contribution in [1.82, 2.24) is 0 Å². The van der Waals surface area contributed by atoms with Crippen molar-refractivity contribution in [1.29, 1.82) is 0 Å². The molecule has 5 heteroatoms. The van der Waals surface area contributed by atoms with Crippen LogP contribution >= 0.6 is 0 Å². The Morgan fingerprint density at radius 3 is 2.27 bits per heavy atom. The second-order valence-electron chi connectivity index (χ2n) is 5.65. The first kappa shape index (κ1) is 17.1. The Balaban J connectivity index is 0.00000176. The number of rotatable bonds is 2. The minimum absolute atomic E-state index is 0. The van der Waals surface area contributed by atoms with Crippen molar-refractivity contribution < 1.29 is 47.4 Å². The summed E-state index contributed by atoms with van der Waals surface area (Å²) in [5.41, 5.74) is 1.69. The van der Waals surface area contributed by atoms with E-state index in [0.29, 0.717) is 12.8 Å². The van der Waals surface area contributed by atoms with Crippen molar-refractivity contribution >= 4 is 22.6 Å². The van der Waals surface area contributed by atoms with Crippen molar-refractivity contribution in [2.24, 2.45) is 5.41 Å². The van der Waals surface area contributed by atoms with Crippen molar-refractivity contribution in [3.8, 4) is 0 Å². The van der Waals surface area contributed by atoms with Gasteiger partial charge in [0.05, 0.1) is 5.56 Å². The quantitative estimate of drug-likeness (QED) is 0.827. The van der Waals surface area contributed by atoms with Crippen LogP contribution in [0.25, 0.3) is 16.1 Å².